The molecular formula is C33H49Cl4Zr2-3. The summed E-state index contributed by atoms with van der Waals surface area (Å²) in [6.07, 6.45) is 20.0. The molecule has 0 fully saturated rings. The van der Waals surface area contributed by atoms with E-state index in [1.54, 1.807) is 11.1 Å². The Kier molecular flexibility index (Phi) is 32.7. The van der Waals surface area contributed by atoms with Crippen LogP contribution in [0.4, 0.5) is 0 Å². The van der Waals surface area contributed by atoms with Crippen LogP contribution < -0.4 is 24.8 Å². The van der Waals surface area contributed by atoms with Crippen LogP contribution >= 0.6 is 17.0 Å². The summed E-state index contributed by atoms with van der Waals surface area (Å²) in [6, 6.07) is 0. The zero-order valence-corrected chi connectivity index (χ0v) is 34.3. The Labute approximate surface area is 294 Å². The first kappa shape index (κ1) is 52.5. The van der Waals surface area contributed by atoms with Gasteiger partial charge in [0.25, 0.3) is 0 Å². The molecule has 0 N–H and O–H groups in total. The quantitative estimate of drug-likeness (QED) is 0.300. The van der Waals surface area contributed by atoms with Crippen molar-refractivity contribution in [3.8, 4) is 0 Å². The second kappa shape index (κ2) is 24.3. The normalized spacial score (nSPS) is 17.8. The molecule has 0 bridgehead atoms. The van der Waals surface area contributed by atoms with E-state index in [-0.39, 0.29) is 84.1 Å². The van der Waals surface area contributed by atoms with Crippen LogP contribution in [0.3, 0.4) is 0 Å². The SMILES string of the molecule is CC1=C(C)C(C)(C)C(C2=C(C)C(C)=C(C)C2(C)C)=C1C.[C-]1=CC=CC1.[C-]1=CC=CC1.[CH3-].[CH3-].[CH3-].[Cl-].[Cl-].[Cl][Zr+2][Cl].[Zr+2]. The Morgan fingerprint density at radius 1 is 0.615 bits per heavy atom. The predicted octanol–water partition coefficient (Wildman–Crippen LogP) is 5.72. The van der Waals surface area contributed by atoms with Gasteiger partial charge in [-0.3, -0.25) is 12.2 Å². The fraction of sp³-hybridized carbons (Fsp3) is 0.424. The molecule has 0 saturated heterocycles. The Bertz CT molecular complexity index is 872. The van der Waals surface area contributed by atoms with Crippen LogP contribution in [0.5, 0.6) is 0 Å². The largest absolute Gasteiger partial charge is 2.00 e. The summed E-state index contributed by atoms with van der Waals surface area (Å²) in [4.78, 5) is 0. The molecule has 0 aromatic carbocycles. The molecule has 0 heterocycles. The first-order chi connectivity index (χ1) is 15.4. The van der Waals surface area contributed by atoms with Crippen LogP contribution in [0.25, 0.3) is 0 Å². The van der Waals surface area contributed by atoms with Crippen LogP contribution in [-0.4, -0.2) is 0 Å². The van der Waals surface area contributed by atoms with Gasteiger partial charge in [0.15, 0.2) is 0 Å². The van der Waals surface area contributed by atoms with Crippen molar-refractivity contribution in [2.45, 2.75) is 82.1 Å². The third-order valence-electron chi connectivity index (χ3n) is 7.55. The van der Waals surface area contributed by atoms with Crippen molar-refractivity contribution in [1.82, 2.24) is 0 Å². The average Bonchev–Trinajstić information content (AvgIpc) is 3.55. The van der Waals surface area contributed by atoms with E-state index in [2.05, 4.69) is 93.5 Å². The molecule has 0 radical (unpaired) electrons. The molecule has 4 rings (SSSR count). The smallest absolute Gasteiger partial charge is 2.00 e. The molecule has 4 aliphatic rings. The van der Waals surface area contributed by atoms with Gasteiger partial charge in [0, 0.05) is 10.8 Å². The fourth-order valence-electron chi connectivity index (χ4n) is 4.87. The van der Waals surface area contributed by atoms with E-state index in [9.17, 15) is 0 Å². The van der Waals surface area contributed by atoms with Crippen molar-refractivity contribution in [1.29, 1.82) is 0 Å². The van der Waals surface area contributed by atoms with E-state index in [0.717, 1.165) is 12.8 Å². The Morgan fingerprint density at radius 2 is 0.872 bits per heavy atom. The summed E-state index contributed by atoms with van der Waals surface area (Å²) in [6.45, 7) is 23.3. The van der Waals surface area contributed by atoms with Gasteiger partial charge in [0.1, 0.15) is 0 Å². The average molecular weight is 770 g/mol. The van der Waals surface area contributed by atoms with Gasteiger partial charge in [-0.25, -0.2) is 24.3 Å². The van der Waals surface area contributed by atoms with E-state index in [1.165, 1.54) is 33.4 Å². The van der Waals surface area contributed by atoms with Crippen molar-refractivity contribution in [2.75, 3.05) is 0 Å². The number of hydrogen-bond acceptors (Lipinski definition) is 0. The van der Waals surface area contributed by atoms with E-state index >= 15 is 0 Å². The summed E-state index contributed by atoms with van der Waals surface area (Å²) < 4.78 is 0. The number of allylic oxidation sites excluding steroid dienone is 16. The maximum atomic E-state index is 4.93. The summed E-state index contributed by atoms with van der Waals surface area (Å²) in [5.41, 5.74) is 12.5. The standard InChI is InChI=1S/C20H30.2C5H5.3CH3.4ClH.2Zr/c1-11-13(3)17(19(7,8)15(11)5)18-14(4)12(2)16(6)20(18,9)10;2*1-2-4-5-3-1;;;;;;;;;/h1-10H3;2*1-3H,4H2;3*1H3;4*1H;;/q;5*-1;;;;;+2;+4/p-4. The summed E-state index contributed by atoms with van der Waals surface area (Å²) in [5.74, 6) is 0. The van der Waals surface area contributed by atoms with Gasteiger partial charge in [0.2, 0.25) is 0 Å². The molecule has 0 aromatic heterocycles. The Hall–Kier alpha value is 0.846. The topological polar surface area (TPSA) is 0 Å². The van der Waals surface area contributed by atoms with Gasteiger partial charge in [-0.1, -0.05) is 38.8 Å². The molecule has 0 spiro atoms. The van der Waals surface area contributed by atoms with Crippen LogP contribution in [-0.2, 0) is 47.1 Å². The molecule has 6 heteroatoms. The Balaban J connectivity index is -0.000000120. The number of halogens is 4. The maximum Gasteiger partial charge on any atom is 2.00 e. The molecule has 0 nitrogen and oxygen atoms in total. The van der Waals surface area contributed by atoms with Crippen molar-refractivity contribution >= 4 is 17.0 Å². The van der Waals surface area contributed by atoms with Gasteiger partial charge < -0.3 is 47.1 Å². The predicted molar refractivity (Wildman–Crippen MR) is 164 cm³/mol. The molecule has 0 aromatic rings. The minimum Gasteiger partial charge on any atom is 2.00 e. The first-order valence-corrected chi connectivity index (χ1v) is 17.9. The zero-order valence-electron chi connectivity index (χ0n) is 26.4. The fourth-order valence-corrected chi connectivity index (χ4v) is 4.87. The first-order valence-electron chi connectivity index (χ1n) is 11.6. The van der Waals surface area contributed by atoms with Crippen LogP contribution in [0.2, 0.25) is 0 Å². The zero-order chi connectivity index (χ0) is 25.4. The molecule has 0 amide bonds. The number of hydrogen-bond donors (Lipinski definition) is 0. The van der Waals surface area contributed by atoms with E-state index in [0.29, 0.717) is 0 Å². The molecule has 0 unspecified atom stereocenters. The van der Waals surface area contributed by atoms with Gasteiger partial charge in [-0.05, 0) is 75.0 Å². The molecular weight excluding hydrogens is 721 g/mol. The van der Waals surface area contributed by atoms with Crippen molar-refractivity contribution in [3.63, 3.8) is 0 Å². The third kappa shape index (κ3) is 13.4. The van der Waals surface area contributed by atoms with Crippen LogP contribution in [0.15, 0.2) is 81.0 Å². The number of rotatable bonds is 1. The van der Waals surface area contributed by atoms with Crippen molar-refractivity contribution in [3.05, 3.63) is 115 Å². The van der Waals surface area contributed by atoms with Crippen LogP contribution in [0, 0.1) is 45.3 Å². The van der Waals surface area contributed by atoms with E-state index in [1.807, 2.05) is 24.3 Å². The molecule has 4 aliphatic carbocycles. The molecule has 0 aliphatic heterocycles. The van der Waals surface area contributed by atoms with Crippen LogP contribution in [0.1, 0.15) is 82.1 Å². The molecule has 0 atom stereocenters. The molecule has 220 valence electrons. The second-order valence-electron chi connectivity index (χ2n) is 9.83. The minimum absolute atomic E-state index is 0. The van der Waals surface area contributed by atoms with E-state index < -0.39 is 20.8 Å². The Morgan fingerprint density at radius 3 is 0.974 bits per heavy atom. The van der Waals surface area contributed by atoms with Gasteiger partial charge in [-0.2, -0.15) is 12.2 Å². The van der Waals surface area contributed by atoms with E-state index in [4.69, 9.17) is 17.0 Å². The minimum atomic E-state index is -0.826. The summed E-state index contributed by atoms with van der Waals surface area (Å²) in [5, 5.41) is 0. The second-order valence-corrected chi connectivity index (χ2v) is 13.6. The van der Waals surface area contributed by atoms with Gasteiger partial charge in [-0.15, -0.1) is 12.8 Å². The summed E-state index contributed by atoms with van der Waals surface area (Å²) >= 11 is -0.826. The van der Waals surface area contributed by atoms with Crippen molar-refractivity contribution in [2.24, 2.45) is 10.8 Å². The van der Waals surface area contributed by atoms with Crippen molar-refractivity contribution < 1.29 is 71.9 Å². The van der Waals surface area contributed by atoms with Gasteiger partial charge >= 0.3 is 64.1 Å². The maximum absolute atomic E-state index is 4.93. The molecule has 39 heavy (non-hydrogen) atoms. The third-order valence-corrected chi connectivity index (χ3v) is 7.55. The van der Waals surface area contributed by atoms with Gasteiger partial charge in [0.05, 0.1) is 0 Å². The summed E-state index contributed by atoms with van der Waals surface area (Å²) in [7, 11) is 9.87. The monoisotopic (exact) mass is 765 g/mol. The molecule has 0 saturated carbocycles.